The van der Waals surface area contributed by atoms with Gasteiger partial charge in [0, 0.05) is 42.9 Å². The van der Waals surface area contributed by atoms with Crippen LogP contribution in [0.1, 0.15) is 51.8 Å². The number of aromatic nitrogens is 2. The molecule has 8 nitrogen and oxygen atoms in total. The van der Waals surface area contributed by atoms with E-state index in [0.29, 0.717) is 31.4 Å². The molecule has 1 N–H and O–H groups in total. The number of ether oxygens (including phenoxy) is 2. The lowest BCUT2D eigenvalue weighted by molar-refractivity contribution is 0.0696. The van der Waals surface area contributed by atoms with Gasteiger partial charge in [-0.25, -0.2) is 0 Å². The van der Waals surface area contributed by atoms with Crippen LogP contribution < -0.4 is 9.47 Å². The molecule has 0 spiro atoms. The van der Waals surface area contributed by atoms with Crippen molar-refractivity contribution in [2.24, 2.45) is 0 Å². The number of furan rings is 1. The van der Waals surface area contributed by atoms with Crippen molar-refractivity contribution < 1.29 is 18.7 Å². The molecule has 0 atom stereocenters. The number of carbonyl (C=O) groups excluding carboxylic acids is 1. The number of fused-ring (bicyclic) bond motifs is 1. The Labute approximate surface area is 215 Å². The molecule has 6 rings (SSSR count). The minimum atomic E-state index is -0.187. The monoisotopic (exact) mass is 498 g/mol. The molecule has 2 aromatic carbocycles. The fourth-order valence-electron chi connectivity index (χ4n) is 4.68. The number of hydrogen-bond acceptors (Lipinski definition) is 6. The Bertz CT molecular complexity index is 1380. The molecule has 2 aromatic heterocycles. The summed E-state index contributed by atoms with van der Waals surface area (Å²) in [4.78, 5) is 17.3. The molecule has 1 aliphatic heterocycles. The van der Waals surface area contributed by atoms with Gasteiger partial charge in [-0.1, -0.05) is 24.3 Å². The smallest absolute Gasteiger partial charge is 0.290 e. The lowest BCUT2D eigenvalue weighted by atomic mass is 10.1. The number of H-pyrrole nitrogens is 1. The second kappa shape index (κ2) is 10.1. The number of rotatable bonds is 8. The Morgan fingerprint density at radius 2 is 1.97 bits per heavy atom. The van der Waals surface area contributed by atoms with Gasteiger partial charge in [-0.2, -0.15) is 5.10 Å². The highest BCUT2D eigenvalue weighted by Crippen LogP contribution is 2.39. The van der Waals surface area contributed by atoms with E-state index in [0.717, 1.165) is 35.7 Å². The van der Waals surface area contributed by atoms with Crippen LogP contribution in [0.4, 0.5) is 0 Å². The number of carbonyl (C=O) groups is 1. The number of aromatic amines is 1. The summed E-state index contributed by atoms with van der Waals surface area (Å²) < 4.78 is 17.4. The number of benzene rings is 2. The van der Waals surface area contributed by atoms with Gasteiger partial charge in [0.25, 0.3) is 11.9 Å². The average Bonchev–Trinajstić information content (AvgIpc) is 3.54. The Morgan fingerprint density at radius 1 is 1.11 bits per heavy atom. The molecule has 190 valence electrons. The van der Waals surface area contributed by atoms with E-state index in [9.17, 15) is 4.79 Å². The van der Waals surface area contributed by atoms with E-state index in [4.69, 9.17) is 13.9 Å². The van der Waals surface area contributed by atoms with E-state index < -0.39 is 0 Å². The standard InChI is InChI=1S/C29H30N4O4/c1-32(19-23-16-25(31-30-23)21-8-9-21)17-20-7-10-26-22(15-20)18-33(13-14-35-26)29(34)27-11-12-28(37-27)36-24-5-3-2-4-6-24/h2-7,10-12,15-16,21H,8-9,13-14,17-19H2,1H3,(H,30,31). The number of hydrogen-bond donors (Lipinski definition) is 1. The van der Waals surface area contributed by atoms with Gasteiger partial charge in [-0.05, 0) is 61.9 Å². The maximum absolute atomic E-state index is 13.3. The number of amides is 1. The molecule has 8 heteroatoms. The molecule has 0 unspecified atom stereocenters. The summed E-state index contributed by atoms with van der Waals surface area (Å²) >= 11 is 0. The SMILES string of the molecule is CN(Cc1ccc2c(c1)CN(C(=O)c1ccc(Oc3ccccc3)o1)CCO2)Cc1cc(C2CC2)n[nH]1. The largest absolute Gasteiger partial charge is 0.491 e. The van der Waals surface area contributed by atoms with Gasteiger partial charge in [0.2, 0.25) is 0 Å². The van der Waals surface area contributed by atoms with Crippen LogP contribution in [0.25, 0.3) is 0 Å². The van der Waals surface area contributed by atoms with Crippen molar-refractivity contribution in [2.45, 2.75) is 38.4 Å². The zero-order chi connectivity index (χ0) is 25.2. The first-order valence-corrected chi connectivity index (χ1v) is 12.7. The summed E-state index contributed by atoms with van der Waals surface area (Å²) in [6, 6.07) is 21.1. The minimum Gasteiger partial charge on any atom is -0.491 e. The maximum Gasteiger partial charge on any atom is 0.290 e. The van der Waals surface area contributed by atoms with Gasteiger partial charge >= 0.3 is 0 Å². The topological polar surface area (TPSA) is 83.8 Å². The third-order valence-electron chi connectivity index (χ3n) is 6.68. The third-order valence-corrected chi connectivity index (χ3v) is 6.68. The first kappa shape index (κ1) is 23.4. The van der Waals surface area contributed by atoms with Gasteiger partial charge in [0.05, 0.1) is 12.2 Å². The Morgan fingerprint density at radius 3 is 2.81 bits per heavy atom. The summed E-state index contributed by atoms with van der Waals surface area (Å²) in [6.45, 7) is 2.92. The fraction of sp³-hybridized carbons (Fsp3) is 0.310. The molecule has 1 aliphatic carbocycles. The molecule has 1 saturated carbocycles. The molecule has 0 saturated heterocycles. The summed E-state index contributed by atoms with van der Waals surface area (Å²) in [5, 5.41) is 7.63. The highest BCUT2D eigenvalue weighted by atomic mass is 16.6. The Kier molecular flexibility index (Phi) is 6.40. The molecule has 1 amide bonds. The first-order chi connectivity index (χ1) is 18.1. The third kappa shape index (κ3) is 5.54. The van der Waals surface area contributed by atoms with Crippen molar-refractivity contribution in [2.75, 3.05) is 20.2 Å². The summed E-state index contributed by atoms with van der Waals surface area (Å²) in [6.07, 6.45) is 2.50. The lowest BCUT2D eigenvalue weighted by Crippen LogP contribution is -2.32. The minimum absolute atomic E-state index is 0.187. The van der Waals surface area contributed by atoms with Crippen LogP contribution in [0.15, 0.2) is 71.1 Å². The average molecular weight is 499 g/mol. The van der Waals surface area contributed by atoms with E-state index in [1.165, 1.54) is 18.5 Å². The van der Waals surface area contributed by atoms with E-state index in [1.807, 2.05) is 36.4 Å². The normalized spacial score (nSPS) is 15.2. The van der Waals surface area contributed by atoms with Crippen LogP contribution in [-0.2, 0) is 19.6 Å². The van der Waals surface area contributed by atoms with E-state index in [1.54, 1.807) is 17.0 Å². The second-order valence-electron chi connectivity index (χ2n) is 9.82. The number of para-hydroxylation sites is 1. The van der Waals surface area contributed by atoms with Crippen LogP contribution in [0.3, 0.4) is 0 Å². The van der Waals surface area contributed by atoms with E-state index >= 15 is 0 Å². The van der Waals surface area contributed by atoms with E-state index in [-0.39, 0.29) is 17.6 Å². The van der Waals surface area contributed by atoms with Crippen LogP contribution in [0.2, 0.25) is 0 Å². The van der Waals surface area contributed by atoms with Crippen molar-refractivity contribution in [1.82, 2.24) is 20.0 Å². The fourth-order valence-corrected chi connectivity index (χ4v) is 4.68. The molecule has 2 aliphatic rings. The van der Waals surface area contributed by atoms with Crippen LogP contribution in [-0.4, -0.2) is 46.1 Å². The van der Waals surface area contributed by atoms with E-state index in [2.05, 4.69) is 40.3 Å². The van der Waals surface area contributed by atoms with Gasteiger partial charge in [-0.15, -0.1) is 0 Å². The van der Waals surface area contributed by atoms with Gasteiger partial charge < -0.3 is 18.8 Å². The zero-order valence-electron chi connectivity index (χ0n) is 20.9. The van der Waals surface area contributed by atoms with Crippen molar-refractivity contribution in [1.29, 1.82) is 0 Å². The van der Waals surface area contributed by atoms with Gasteiger partial charge in [-0.3, -0.25) is 14.8 Å². The van der Waals surface area contributed by atoms with Crippen LogP contribution >= 0.6 is 0 Å². The molecule has 37 heavy (non-hydrogen) atoms. The Balaban J connectivity index is 1.11. The maximum atomic E-state index is 13.3. The second-order valence-corrected chi connectivity index (χ2v) is 9.82. The van der Waals surface area contributed by atoms with Crippen molar-refractivity contribution in [3.8, 4) is 17.4 Å². The summed E-state index contributed by atoms with van der Waals surface area (Å²) in [5.41, 5.74) is 4.47. The molecule has 4 aromatic rings. The zero-order valence-corrected chi connectivity index (χ0v) is 20.9. The summed E-state index contributed by atoms with van der Waals surface area (Å²) in [5.74, 6) is 2.46. The number of nitrogens with one attached hydrogen (secondary N) is 1. The molecule has 3 heterocycles. The highest BCUT2D eigenvalue weighted by Gasteiger charge is 2.26. The first-order valence-electron chi connectivity index (χ1n) is 12.7. The lowest BCUT2D eigenvalue weighted by Gasteiger charge is -2.19. The quantitative estimate of drug-likeness (QED) is 0.353. The molecular weight excluding hydrogens is 468 g/mol. The Hall–Kier alpha value is -4.04. The highest BCUT2D eigenvalue weighted by molar-refractivity contribution is 5.91. The van der Waals surface area contributed by atoms with Crippen molar-refractivity contribution in [3.63, 3.8) is 0 Å². The molecule has 1 fully saturated rings. The summed E-state index contributed by atoms with van der Waals surface area (Å²) in [7, 11) is 2.10. The predicted molar refractivity (Wildman–Crippen MR) is 138 cm³/mol. The van der Waals surface area contributed by atoms with Crippen molar-refractivity contribution >= 4 is 5.91 Å². The van der Waals surface area contributed by atoms with Crippen molar-refractivity contribution in [3.05, 3.63) is 95.0 Å². The predicted octanol–water partition coefficient (Wildman–Crippen LogP) is 5.34. The van der Waals surface area contributed by atoms with Gasteiger partial charge in [0.15, 0.2) is 5.76 Å². The van der Waals surface area contributed by atoms with Gasteiger partial charge in [0.1, 0.15) is 18.1 Å². The van der Waals surface area contributed by atoms with Crippen LogP contribution in [0.5, 0.6) is 17.4 Å². The molecular formula is C29H30N4O4. The number of nitrogens with zero attached hydrogens (tertiary/aromatic N) is 3. The van der Waals surface area contributed by atoms with Crippen LogP contribution in [0, 0.1) is 0 Å². The molecule has 0 bridgehead atoms. The molecule has 0 radical (unpaired) electrons.